The van der Waals surface area contributed by atoms with Gasteiger partial charge in [0.1, 0.15) is 18.3 Å². The highest BCUT2D eigenvalue weighted by Crippen LogP contribution is 2.37. The Morgan fingerprint density at radius 3 is 2.45 bits per heavy atom. The van der Waals surface area contributed by atoms with Crippen molar-refractivity contribution in [3.8, 4) is 0 Å². The maximum Gasteiger partial charge on any atom is 0.416 e. The standard InChI is InChI=1S/C20H15F4N5O2/c21-12-7-11(20(22,23)24)8-15(9-12)29(19(26)30)14-3-1-13(2-4-14)28-10-27-18-16(17(28)25)5-6-31-18/h1-10,17H,25H2,(H2,26,30). The number of carbonyl (C=O) groups is 1. The summed E-state index contributed by atoms with van der Waals surface area (Å²) in [4.78, 5) is 18.6. The molecule has 1 aromatic heterocycles. The highest BCUT2D eigenvalue weighted by atomic mass is 19.4. The molecule has 31 heavy (non-hydrogen) atoms. The maximum absolute atomic E-state index is 13.8. The summed E-state index contributed by atoms with van der Waals surface area (Å²) in [6.07, 6.45) is -2.44. The number of anilines is 3. The number of benzene rings is 2. The summed E-state index contributed by atoms with van der Waals surface area (Å²) < 4.78 is 58.2. The number of fused-ring (bicyclic) bond motifs is 1. The van der Waals surface area contributed by atoms with Gasteiger partial charge in [-0.2, -0.15) is 13.2 Å². The lowest BCUT2D eigenvalue weighted by molar-refractivity contribution is -0.137. The second-order valence-electron chi connectivity index (χ2n) is 6.66. The Kier molecular flexibility index (Phi) is 4.90. The number of nitrogens with two attached hydrogens (primary N) is 2. The van der Waals surface area contributed by atoms with Crippen molar-refractivity contribution in [1.29, 1.82) is 0 Å². The molecular weight excluding hydrogens is 418 g/mol. The fraction of sp³-hybridized carbons (Fsp3) is 0.100. The smallest absolute Gasteiger partial charge is 0.416 e. The molecule has 0 spiro atoms. The van der Waals surface area contributed by atoms with Crippen LogP contribution in [0.25, 0.3) is 0 Å². The Morgan fingerprint density at radius 1 is 1.10 bits per heavy atom. The van der Waals surface area contributed by atoms with Crippen LogP contribution in [0.15, 0.2) is 64.2 Å². The van der Waals surface area contributed by atoms with Gasteiger partial charge in [0.25, 0.3) is 0 Å². The molecule has 4 rings (SSSR count). The van der Waals surface area contributed by atoms with E-state index in [1.807, 2.05) is 0 Å². The molecule has 0 saturated heterocycles. The van der Waals surface area contributed by atoms with Crippen molar-refractivity contribution in [2.24, 2.45) is 16.5 Å². The highest BCUT2D eigenvalue weighted by molar-refractivity contribution is 5.99. The Hall–Kier alpha value is -3.86. The van der Waals surface area contributed by atoms with Gasteiger partial charge in [0, 0.05) is 5.69 Å². The number of amides is 2. The van der Waals surface area contributed by atoms with Gasteiger partial charge in [-0.15, -0.1) is 0 Å². The molecule has 4 N–H and O–H groups in total. The van der Waals surface area contributed by atoms with E-state index in [4.69, 9.17) is 15.9 Å². The van der Waals surface area contributed by atoms with E-state index in [2.05, 4.69) is 4.99 Å². The summed E-state index contributed by atoms with van der Waals surface area (Å²) in [5.74, 6) is -0.758. The zero-order valence-electron chi connectivity index (χ0n) is 15.7. The number of rotatable bonds is 3. The molecule has 2 amide bonds. The Morgan fingerprint density at radius 2 is 1.81 bits per heavy atom. The number of halogens is 4. The Balaban J connectivity index is 1.67. The average Bonchev–Trinajstić information content (AvgIpc) is 3.18. The van der Waals surface area contributed by atoms with E-state index in [9.17, 15) is 22.4 Å². The van der Waals surface area contributed by atoms with E-state index in [0.29, 0.717) is 29.3 Å². The molecule has 1 atom stereocenters. The molecule has 160 valence electrons. The fourth-order valence-electron chi connectivity index (χ4n) is 3.25. The second-order valence-corrected chi connectivity index (χ2v) is 6.66. The largest absolute Gasteiger partial charge is 0.446 e. The van der Waals surface area contributed by atoms with Crippen LogP contribution in [0.3, 0.4) is 0 Å². The number of aliphatic imine (C=N–C) groups is 1. The summed E-state index contributed by atoms with van der Waals surface area (Å²) >= 11 is 0. The number of carbonyl (C=O) groups excluding carboxylic acids is 1. The van der Waals surface area contributed by atoms with Crippen LogP contribution in [-0.2, 0) is 6.18 Å². The lowest BCUT2D eigenvalue weighted by Crippen LogP contribution is -2.35. The maximum atomic E-state index is 13.8. The van der Waals surface area contributed by atoms with Gasteiger partial charge in [-0.05, 0) is 48.5 Å². The van der Waals surface area contributed by atoms with Crippen LogP contribution >= 0.6 is 0 Å². The minimum Gasteiger partial charge on any atom is -0.446 e. The van der Waals surface area contributed by atoms with E-state index in [-0.39, 0.29) is 11.4 Å². The van der Waals surface area contributed by atoms with Crippen molar-refractivity contribution >= 4 is 35.3 Å². The van der Waals surface area contributed by atoms with Crippen molar-refractivity contribution in [2.75, 3.05) is 9.80 Å². The van der Waals surface area contributed by atoms with E-state index in [1.165, 1.54) is 24.7 Å². The molecule has 1 aliphatic rings. The first-order valence-corrected chi connectivity index (χ1v) is 8.88. The zero-order chi connectivity index (χ0) is 22.3. The molecule has 2 heterocycles. The molecular formula is C20H15F4N5O2. The first-order chi connectivity index (χ1) is 14.6. The summed E-state index contributed by atoms with van der Waals surface area (Å²) in [7, 11) is 0. The minimum atomic E-state index is -4.79. The van der Waals surface area contributed by atoms with Crippen LogP contribution < -0.4 is 21.3 Å². The third kappa shape index (κ3) is 3.82. The van der Waals surface area contributed by atoms with Crippen LogP contribution in [-0.4, -0.2) is 12.4 Å². The Labute approximate surface area is 173 Å². The molecule has 2 aromatic carbocycles. The van der Waals surface area contributed by atoms with Gasteiger partial charge in [-0.25, -0.2) is 14.2 Å². The molecule has 11 heteroatoms. The van der Waals surface area contributed by atoms with E-state index >= 15 is 0 Å². The number of hydrogen-bond acceptors (Lipinski definition) is 5. The average molecular weight is 433 g/mol. The van der Waals surface area contributed by atoms with Crippen molar-refractivity contribution in [3.05, 3.63) is 71.7 Å². The first kappa shape index (κ1) is 20.4. The van der Waals surface area contributed by atoms with Gasteiger partial charge in [0.2, 0.25) is 5.88 Å². The second kappa shape index (κ2) is 7.43. The van der Waals surface area contributed by atoms with Gasteiger partial charge >= 0.3 is 12.2 Å². The lowest BCUT2D eigenvalue weighted by atomic mass is 10.1. The minimum absolute atomic E-state index is 0.140. The molecule has 1 unspecified atom stereocenters. The van der Waals surface area contributed by atoms with Gasteiger partial charge < -0.3 is 20.8 Å². The van der Waals surface area contributed by atoms with E-state index < -0.39 is 29.8 Å². The third-order valence-electron chi connectivity index (χ3n) is 4.69. The van der Waals surface area contributed by atoms with Crippen molar-refractivity contribution in [1.82, 2.24) is 0 Å². The third-order valence-corrected chi connectivity index (χ3v) is 4.69. The van der Waals surface area contributed by atoms with Crippen LogP contribution in [0.5, 0.6) is 0 Å². The molecule has 0 fully saturated rings. The normalized spacial score (nSPS) is 15.6. The molecule has 0 bridgehead atoms. The monoisotopic (exact) mass is 433 g/mol. The zero-order valence-corrected chi connectivity index (χ0v) is 15.7. The summed E-state index contributed by atoms with van der Waals surface area (Å²) in [5.41, 5.74) is 11.4. The summed E-state index contributed by atoms with van der Waals surface area (Å²) in [6, 6.07) is 8.44. The van der Waals surface area contributed by atoms with Crippen LogP contribution in [0.1, 0.15) is 17.3 Å². The Bertz CT molecular complexity index is 1160. The quantitative estimate of drug-likeness (QED) is 0.580. The molecule has 0 aliphatic carbocycles. The molecule has 0 radical (unpaired) electrons. The fourth-order valence-corrected chi connectivity index (χ4v) is 3.25. The first-order valence-electron chi connectivity index (χ1n) is 8.88. The number of furan rings is 1. The van der Waals surface area contributed by atoms with Gasteiger partial charge in [0.05, 0.1) is 28.8 Å². The lowest BCUT2D eigenvalue weighted by Gasteiger charge is -2.29. The van der Waals surface area contributed by atoms with Gasteiger partial charge in [-0.1, -0.05) is 0 Å². The van der Waals surface area contributed by atoms with E-state index in [0.717, 1.165) is 11.0 Å². The van der Waals surface area contributed by atoms with Crippen LogP contribution in [0.4, 0.5) is 45.3 Å². The van der Waals surface area contributed by atoms with Crippen LogP contribution in [0, 0.1) is 5.82 Å². The molecule has 3 aromatic rings. The number of urea groups is 1. The highest BCUT2D eigenvalue weighted by Gasteiger charge is 2.32. The molecule has 7 nitrogen and oxygen atoms in total. The summed E-state index contributed by atoms with van der Waals surface area (Å²) in [6.45, 7) is 0. The molecule has 0 saturated carbocycles. The van der Waals surface area contributed by atoms with Gasteiger partial charge in [0.15, 0.2) is 0 Å². The topological polar surface area (TPSA) is 101 Å². The molecule has 1 aliphatic heterocycles. The van der Waals surface area contributed by atoms with Gasteiger partial charge in [-0.3, -0.25) is 4.90 Å². The number of primary amides is 1. The van der Waals surface area contributed by atoms with Crippen LogP contribution in [0.2, 0.25) is 0 Å². The predicted molar refractivity (Wildman–Crippen MR) is 106 cm³/mol. The number of hydrogen-bond donors (Lipinski definition) is 2. The predicted octanol–water partition coefficient (Wildman–Crippen LogP) is 4.79. The summed E-state index contributed by atoms with van der Waals surface area (Å²) in [5, 5.41) is 0. The number of alkyl halides is 3. The van der Waals surface area contributed by atoms with Crippen molar-refractivity contribution in [3.63, 3.8) is 0 Å². The number of nitrogens with zero attached hydrogens (tertiary/aromatic N) is 3. The SMILES string of the molecule is NC(=O)N(c1ccc(N2C=Nc3occc3C2N)cc1)c1cc(F)cc(C(F)(F)F)c1. The van der Waals surface area contributed by atoms with Crippen molar-refractivity contribution in [2.45, 2.75) is 12.3 Å². The van der Waals surface area contributed by atoms with E-state index in [1.54, 1.807) is 23.1 Å². The van der Waals surface area contributed by atoms with Crippen molar-refractivity contribution < 1.29 is 26.8 Å².